The number of nitrogens with one attached hydrogen (secondary N) is 1. The summed E-state index contributed by atoms with van der Waals surface area (Å²) < 4.78 is 6.62. The molecular formula is C17H16BrNO. The van der Waals surface area contributed by atoms with E-state index in [2.05, 4.69) is 39.3 Å². The van der Waals surface area contributed by atoms with Crippen LogP contribution in [0.4, 0.5) is 0 Å². The predicted octanol–water partition coefficient (Wildman–Crippen LogP) is 3.75. The Kier molecular flexibility index (Phi) is 5.67. The van der Waals surface area contributed by atoms with E-state index in [9.17, 15) is 0 Å². The first-order chi connectivity index (χ1) is 9.79. The van der Waals surface area contributed by atoms with E-state index in [-0.39, 0.29) is 0 Å². The van der Waals surface area contributed by atoms with Gasteiger partial charge in [0, 0.05) is 23.1 Å². The van der Waals surface area contributed by atoms with Crippen LogP contribution in [0.5, 0.6) is 5.75 Å². The minimum atomic E-state index is 0.294. The van der Waals surface area contributed by atoms with E-state index in [1.165, 1.54) is 5.56 Å². The van der Waals surface area contributed by atoms with E-state index < -0.39 is 0 Å². The molecule has 0 unspecified atom stereocenters. The lowest BCUT2D eigenvalue weighted by atomic mass is 10.2. The second-order valence-corrected chi connectivity index (χ2v) is 5.25. The Balaban J connectivity index is 1.92. The van der Waals surface area contributed by atoms with Gasteiger partial charge in [-0.1, -0.05) is 52.2 Å². The Hall–Kier alpha value is -1.76. The van der Waals surface area contributed by atoms with Crippen molar-refractivity contribution in [3.8, 4) is 18.1 Å². The molecule has 0 aliphatic heterocycles. The molecule has 2 nitrogen and oxygen atoms in total. The molecular weight excluding hydrogens is 314 g/mol. The highest BCUT2D eigenvalue weighted by Crippen LogP contribution is 2.18. The van der Waals surface area contributed by atoms with Crippen molar-refractivity contribution >= 4 is 15.9 Å². The van der Waals surface area contributed by atoms with Gasteiger partial charge in [-0.05, 0) is 23.8 Å². The fraction of sp³-hybridized carbons (Fsp3) is 0.176. The molecule has 0 radical (unpaired) electrons. The minimum Gasteiger partial charge on any atom is -0.481 e. The van der Waals surface area contributed by atoms with Gasteiger partial charge in [-0.2, -0.15) is 0 Å². The number of hydrogen-bond donors (Lipinski definition) is 1. The smallest absolute Gasteiger partial charge is 0.148 e. The lowest BCUT2D eigenvalue weighted by molar-refractivity contribution is 0.365. The van der Waals surface area contributed by atoms with E-state index >= 15 is 0 Å². The Morgan fingerprint density at radius 1 is 1.10 bits per heavy atom. The Morgan fingerprint density at radius 2 is 1.95 bits per heavy atom. The number of rotatable bonds is 6. The average Bonchev–Trinajstić information content (AvgIpc) is 2.46. The summed E-state index contributed by atoms with van der Waals surface area (Å²) in [4.78, 5) is 0. The molecule has 0 atom stereocenters. The van der Waals surface area contributed by atoms with Gasteiger partial charge in [0.05, 0.1) is 0 Å². The molecule has 3 heteroatoms. The average molecular weight is 330 g/mol. The molecule has 1 N–H and O–H groups in total. The van der Waals surface area contributed by atoms with Crippen LogP contribution in [0.2, 0.25) is 0 Å². The summed E-state index contributed by atoms with van der Waals surface area (Å²) in [6.45, 7) is 1.85. The molecule has 102 valence electrons. The van der Waals surface area contributed by atoms with Crippen molar-refractivity contribution in [3.63, 3.8) is 0 Å². The molecule has 0 aliphatic rings. The number of terminal acetylenes is 1. The van der Waals surface area contributed by atoms with Crippen LogP contribution in [-0.4, -0.2) is 6.61 Å². The van der Waals surface area contributed by atoms with Crippen LogP contribution >= 0.6 is 15.9 Å². The van der Waals surface area contributed by atoms with E-state index in [0.29, 0.717) is 6.61 Å². The quantitative estimate of drug-likeness (QED) is 0.815. The Bertz CT molecular complexity index is 604. The van der Waals surface area contributed by atoms with Crippen LogP contribution in [0, 0.1) is 12.3 Å². The molecule has 2 aromatic rings. The highest BCUT2D eigenvalue weighted by molar-refractivity contribution is 9.10. The number of halogens is 1. The zero-order chi connectivity index (χ0) is 14.2. The van der Waals surface area contributed by atoms with Crippen LogP contribution < -0.4 is 10.1 Å². The number of benzene rings is 2. The van der Waals surface area contributed by atoms with Crippen molar-refractivity contribution in [2.45, 2.75) is 13.1 Å². The second kappa shape index (κ2) is 7.74. The number of hydrogen-bond acceptors (Lipinski definition) is 2. The largest absolute Gasteiger partial charge is 0.481 e. The molecule has 20 heavy (non-hydrogen) atoms. The van der Waals surface area contributed by atoms with Crippen molar-refractivity contribution < 1.29 is 4.74 Å². The van der Waals surface area contributed by atoms with E-state index in [4.69, 9.17) is 11.2 Å². The summed E-state index contributed by atoms with van der Waals surface area (Å²) in [5.74, 6) is 3.32. The maximum atomic E-state index is 5.52. The summed E-state index contributed by atoms with van der Waals surface area (Å²) in [6, 6.07) is 16.2. The highest BCUT2D eigenvalue weighted by atomic mass is 79.9. The van der Waals surface area contributed by atoms with Crippen LogP contribution in [0.3, 0.4) is 0 Å². The topological polar surface area (TPSA) is 21.3 Å². The number of para-hydroxylation sites is 1. The van der Waals surface area contributed by atoms with Crippen molar-refractivity contribution in [1.29, 1.82) is 0 Å². The summed E-state index contributed by atoms with van der Waals surface area (Å²) in [5, 5.41) is 3.41. The van der Waals surface area contributed by atoms with Crippen molar-refractivity contribution in [1.82, 2.24) is 5.32 Å². The maximum absolute atomic E-state index is 5.52. The van der Waals surface area contributed by atoms with Crippen molar-refractivity contribution in [2.24, 2.45) is 0 Å². The first-order valence-corrected chi connectivity index (χ1v) is 7.18. The monoisotopic (exact) mass is 329 g/mol. The summed E-state index contributed by atoms with van der Waals surface area (Å²) in [5.41, 5.74) is 2.35. The van der Waals surface area contributed by atoms with E-state index in [1.807, 2.05) is 36.4 Å². The molecule has 0 amide bonds. The zero-order valence-corrected chi connectivity index (χ0v) is 12.7. The van der Waals surface area contributed by atoms with Gasteiger partial charge in [-0.25, -0.2) is 0 Å². The SMILES string of the molecule is C#CCOc1ccccc1CNCc1cccc(Br)c1. The minimum absolute atomic E-state index is 0.294. The maximum Gasteiger partial charge on any atom is 0.148 e. The third-order valence-electron chi connectivity index (χ3n) is 2.82. The Morgan fingerprint density at radius 3 is 2.75 bits per heavy atom. The summed E-state index contributed by atoms with van der Waals surface area (Å²) in [6.07, 6.45) is 5.22. The molecule has 0 bridgehead atoms. The molecule has 2 rings (SSSR count). The van der Waals surface area contributed by atoms with Gasteiger partial charge in [0.2, 0.25) is 0 Å². The molecule has 0 heterocycles. The molecule has 0 saturated heterocycles. The lowest BCUT2D eigenvalue weighted by Crippen LogP contribution is -2.13. The predicted molar refractivity (Wildman–Crippen MR) is 85.5 cm³/mol. The van der Waals surface area contributed by atoms with Gasteiger partial charge in [0.15, 0.2) is 0 Å². The Labute approximate surface area is 128 Å². The lowest BCUT2D eigenvalue weighted by Gasteiger charge is -2.10. The van der Waals surface area contributed by atoms with Crippen LogP contribution in [0.25, 0.3) is 0 Å². The third-order valence-corrected chi connectivity index (χ3v) is 3.31. The van der Waals surface area contributed by atoms with E-state index in [1.54, 1.807) is 0 Å². The van der Waals surface area contributed by atoms with Crippen molar-refractivity contribution in [2.75, 3.05) is 6.61 Å². The molecule has 0 saturated carbocycles. The zero-order valence-electron chi connectivity index (χ0n) is 11.1. The molecule has 0 aliphatic carbocycles. The van der Waals surface area contributed by atoms with Gasteiger partial charge in [0.25, 0.3) is 0 Å². The summed E-state index contributed by atoms with van der Waals surface area (Å²) in [7, 11) is 0. The third kappa shape index (κ3) is 4.41. The molecule has 2 aromatic carbocycles. The molecule has 0 fully saturated rings. The standard InChI is InChI=1S/C17H16BrNO/c1-2-10-20-17-9-4-3-7-15(17)13-19-12-14-6-5-8-16(18)11-14/h1,3-9,11,19H,10,12-13H2. The van der Waals surface area contributed by atoms with Gasteiger partial charge in [0.1, 0.15) is 12.4 Å². The van der Waals surface area contributed by atoms with Gasteiger partial charge >= 0.3 is 0 Å². The molecule has 0 aromatic heterocycles. The summed E-state index contributed by atoms with van der Waals surface area (Å²) >= 11 is 3.47. The fourth-order valence-corrected chi connectivity index (χ4v) is 2.35. The normalized spacial score (nSPS) is 10.0. The van der Waals surface area contributed by atoms with Crippen LogP contribution in [0.15, 0.2) is 53.0 Å². The highest BCUT2D eigenvalue weighted by Gasteiger charge is 2.02. The first kappa shape index (κ1) is 14.6. The fourth-order valence-electron chi connectivity index (χ4n) is 1.90. The van der Waals surface area contributed by atoms with Crippen LogP contribution in [0.1, 0.15) is 11.1 Å². The number of ether oxygens (including phenoxy) is 1. The van der Waals surface area contributed by atoms with Gasteiger partial charge in [-0.15, -0.1) is 6.42 Å². The van der Waals surface area contributed by atoms with Gasteiger partial charge in [-0.3, -0.25) is 0 Å². The van der Waals surface area contributed by atoms with Crippen molar-refractivity contribution in [3.05, 3.63) is 64.1 Å². The van der Waals surface area contributed by atoms with Gasteiger partial charge < -0.3 is 10.1 Å². The first-order valence-electron chi connectivity index (χ1n) is 6.39. The molecule has 0 spiro atoms. The second-order valence-electron chi connectivity index (χ2n) is 4.33. The van der Waals surface area contributed by atoms with E-state index in [0.717, 1.165) is 28.9 Å². The van der Waals surface area contributed by atoms with Crippen LogP contribution in [-0.2, 0) is 13.1 Å².